The molecule has 0 spiro atoms. The monoisotopic (exact) mass is 300 g/mol. The Hall–Kier alpha value is -1.84. The Morgan fingerprint density at radius 3 is 2.68 bits per heavy atom. The third kappa shape index (κ3) is 3.01. The van der Waals surface area contributed by atoms with E-state index in [0.717, 1.165) is 25.0 Å². The van der Waals surface area contributed by atoms with E-state index in [1.54, 1.807) is 0 Å². The Kier molecular flexibility index (Phi) is 3.71. The van der Waals surface area contributed by atoms with Crippen LogP contribution in [0.25, 0.3) is 5.57 Å². The minimum atomic E-state index is -0.445. The van der Waals surface area contributed by atoms with E-state index in [2.05, 4.69) is 23.2 Å². The van der Waals surface area contributed by atoms with Crippen LogP contribution >= 0.6 is 0 Å². The lowest BCUT2D eigenvalue weighted by Crippen LogP contribution is -2.45. The molecule has 3 heterocycles. The lowest BCUT2D eigenvalue weighted by Gasteiger charge is -2.35. The van der Waals surface area contributed by atoms with Gasteiger partial charge in [-0.25, -0.2) is 4.79 Å². The van der Waals surface area contributed by atoms with Gasteiger partial charge in [0.2, 0.25) is 0 Å². The summed E-state index contributed by atoms with van der Waals surface area (Å²) in [5, 5.41) is 0. The fourth-order valence-corrected chi connectivity index (χ4v) is 3.28. The molecule has 0 N–H and O–H groups in total. The van der Waals surface area contributed by atoms with Crippen molar-refractivity contribution in [3.8, 4) is 0 Å². The van der Waals surface area contributed by atoms with E-state index in [1.807, 2.05) is 38.8 Å². The van der Waals surface area contributed by atoms with E-state index in [4.69, 9.17) is 4.74 Å². The van der Waals surface area contributed by atoms with Crippen LogP contribution in [0.5, 0.6) is 0 Å². The van der Waals surface area contributed by atoms with Crippen LogP contribution in [-0.2, 0) is 4.74 Å². The minimum absolute atomic E-state index is 0.145. The van der Waals surface area contributed by atoms with Gasteiger partial charge in [0.25, 0.3) is 0 Å². The van der Waals surface area contributed by atoms with E-state index < -0.39 is 5.60 Å². The number of aromatic nitrogens is 1. The third-order valence-corrected chi connectivity index (χ3v) is 4.24. The van der Waals surface area contributed by atoms with Crippen molar-refractivity contribution in [3.63, 3.8) is 0 Å². The van der Waals surface area contributed by atoms with Crippen LogP contribution in [0.15, 0.2) is 24.4 Å². The van der Waals surface area contributed by atoms with Gasteiger partial charge in [-0.3, -0.25) is 9.88 Å². The molecule has 1 amide bonds. The zero-order valence-electron chi connectivity index (χ0n) is 13.8. The van der Waals surface area contributed by atoms with Crippen molar-refractivity contribution in [1.82, 2.24) is 9.88 Å². The molecule has 22 heavy (non-hydrogen) atoms. The van der Waals surface area contributed by atoms with Crippen molar-refractivity contribution in [2.24, 2.45) is 0 Å². The number of nitrogens with zero attached hydrogens (tertiary/aromatic N) is 2. The summed E-state index contributed by atoms with van der Waals surface area (Å²) < 4.78 is 5.56. The molecular formula is C18H24N2O2. The van der Waals surface area contributed by atoms with Gasteiger partial charge >= 0.3 is 6.09 Å². The molecule has 4 heteroatoms. The Morgan fingerprint density at radius 1 is 1.32 bits per heavy atom. The number of aryl methyl sites for hydroxylation is 1. The Bertz CT molecular complexity index is 599. The maximum atomic E-state index is 12.4. The molecule has 2 aliphatic heterocycles. The summed E-state index contributed by atoms with van der Waals surface area (Å²) in [4.78, 5) is 18.9. The second-order valence-corrected chi connectivity index (χ2v) is 7.30. The summed E-state index contributed by atoms with van der Waals surface area (Å²) in [5.41, 5.74) is 3.01. The average Bonchev–Trinajstić information content (AvgIpc) is 2.69. The highest BCUT2D eigenvalue weighted by Crippen LogP contribution is 2.38. The van der Waals surface area contributed by atoms with Crippen molar-refractivity contribution in [2.75, 3.05) is 0 Å². The number of carbonyl (C=O) groups excluding carboxylic acids is 1. The smallest absolute Gasteiger partial charge is 0.411 e. The van der Waals surface area contributed by atoms with Crippen LogP contribution in [0.3, 0.4) is 0 Å². The van der Waals surface area contributed by atoms with E-state index in [0.29, 0.717) is 0 Å². The number of hydrogen-bond acceptors (Lipinski definition) is 3. The van der Waals surface area contributed by atoms with Gasteiger partial charge in [0.1, 0.15) is 5.60 Å². The predicted octanol–water partition coefficient (Wildman–Crippen LogP) is 3.95. The molecule has 3 rings (SSSR count). The zero-order chi connectivity index (χ0) is 15.9. The van der Waals surface area contributed by atoms with Crippen molar-refractivity contribution >= 4 is 11.7 Å². The van der Waals surface area contributed by atoms with Crippen molar-refractivity contribution in [3.05, 3.63) is 35.7 Å². The molecule has 1 aromatic heterocycles. The molecular weight excluding hydrogens is 276 g/mol. The summed E-state index contributed by atoms with van der Waals surface area (Å²) in [6.45, 7) is 7.77. The van der Waals surface area contributed by atoms with Crippen LogP contribution in [0.4, 0.5) is 4.79 Å². The standard InChI is InChI=1S/C18H24N2O2/c1-12-5-8-16(19-11-12)13-9-14-6-7-15(10-13)20(14)17(21)22-18(2,3)4/h5,8-9,11,14-15H,6-7,10H2,1-4H3. The largest absolute Gasteiger partial charge is 0.444 e. The van der Waals surface area contributed by atoms with Crippen LogP contribution in [0, 0.1) is 6.92 Å². The highest BCUT2D eigenvalue weighted by molar-refractivity contribution is 5.74. The zero-order valence-corrected chi connectivity index (χ0v) is 13.8. The highest BCUT2D eigenvalue weighted by atomic mass is 16.6. The average molecular weight is 300 g/mol. The number of amides is 1. The number of ether oxygens (including phenoxy) is 1. The molecule has 2 aliphatic rings. The minimum Gasteiger partial charge on any atom is -0.444 e. The van der Waals surface area contributed by atoms with Crippen LogP contribution < -0.4 is 0 Å². The molecule has 118 valence electrons. The van der Waals surface area contributed by atoms with Crippen LogP contribution in [0.1, 0.15) is 51.3 Å². The van der Waals surface area contributed by atoms with Gasteiger partial charge in [-0.1, -0.05) is 12.1 Å². The summed E-state index contributed by atoms with van der Waals surface area (Å²) in [5.74, 6) is 0. The number of hydrogen-bond donors (Lipinski definition) is 0. The van der Waals surface area contributed by atoms with Gasteiger partial charge in [0.15, 0.2) is 0 Å². The van der Waals surface area contributed by atoms with E-state index in [1.165, 1.54) is 11.1 Å². The van der Waals surface area contributed by atoms with Crippen molar-refractivity contribution in [2.45, 2.75) is 64.6 Å². The first-order valence-corrected chi connectivity index (χ1v) is 7.98. The van der Waals surface area contributed by atoms with Gasteiger partial charge in [0, 0.05) is 12.2 Å². The SMILES string of the molecule is Cc1ccc(C2=CC3CCC(C2)N3C(=O)OC(C)(C)C)nc1. The Balaban J connectivity index is 1.80. The summed E-state index contributed by atoms with van der Waals surface area (Å²) in [6.07, 6.45) is 6.83. The molecule has 4 nitrogen and oxygen atoms in total. The van der Waals surface area contributed by atoms with E-state index in [9.17, 15) is 4.79 Å². The summed E-state index contributed by atoms with van der Waals surface area (Å²) >= 11 is 0. The third-order valence-electron chi connectivity index (χ3n) is 4.24. The quantitative estimate of drug-likeness (QED) is 0.788. The first-order chi connectivity index (χ1) is 10.3. The first kappa shape index (κ1) is 15.1. The van der Waals surface area contributed by atoms with E-state index in [-0.39, 0.29) is 18.2 Å². The summed E-state index contributed by atoms with van der Waals surface area (Å²) in [7, 11) is 0. The lowest BCUT2D eigenvalue weighted by atomic mass is 9.98. The molecule has 1 fully saturated rings. The molecule has 2 unspecified atom stereocenters. The predicted molar refractivity (Wildman–Crippen MR) is 86.5 cm³/mol. The number of rotatable bonds is 1. The fourth-order valence-electron chi connectivity index (χ4n) is 3.28. The molecule has 1 aromatic rings. The van der Waals surface area contributed by atoms with Gasteiger partial charge in [-0.2, -0.15) is 0 Å². The number of carbonyl (C=O) groups is 1. The van der Waals surface area contributed by atoms with E-state index >= 15 is 0 Å². The first-order valence-electron chi connectivity index (χ1n) is 7.98. The van der Waals surface area contributed by atoms with Crippen LogP contribution in [-0.4, -0.2) is 33.7 Å². The van der Waals surface area contributed by atoms with Crippen LogP contribution in [0.2, 0.25) is 0 Å². The normalized spacial score (nSPS) is 24.2. The lowest BCUT2D eigenvalue weighted by molar-refractivity contribution is 0.0175. The molecule has 2 bridgehead atoms. The van der Waals surface area contributed by atoms with Crippen molar-refractivity contribution < 1.29 is 9.53 Å². The van der Waals surface area contributed by atoms with Gasteiger partial charge < -0.3 is 4.74 Å². The maximum Gasteiger partial charge on any atom is 0.411 e. The van der Waals surface area contributed by atoms with Gasteiger partial charge in [-0.15, -0.1) is 0 Å². The van der Waals surface area contributed by atoms with Gasteiger partial charge in [-0.05, 0) is 64.2 Å². The molecule has 0 aromatic carbocycles. The maximum absolute atomic E-state index is 12.4. The van der Waals surface area contributed by atoms with Crippen molar-refractivity contribution in [1.29, 1.82) is 0 Å². The topological polar surface area (TPSA) is 42.4 Å². The second kappa shape index (κ2) is 5.41. The molecule has 1 saturated heterocycles. The molecule has 0 saturated carbocycles. The Morgan fingerprint density at radius 2 is 2.09 bits per heavy atom. The Labute approximate surface area is 132 Å². The highest BCUT2D eigenvalue weighted by Gasteiger charge is 2.41. The molecule has 2 atom stereocenters. The fraction of sp³-hybridized carbons (Fsp3) is 0.556. The number of pyridine rings is 1. The number of fused-ring (bicyclic) bond motifs is 2. The van der Waals surface area contributed by atoms with Gasteiger partial charge in [0.05, 0.1) is 11.7 Å². The second-order valence-electron chi connectivity index (χ2n) is 7.30. The molecule has 0 radical (unpaired) electrons. The molecule has 0 aliphatic carbocycles. The summed E-state index contributed by atoms with van der Waals surface area (Å²) in [6, 6.07) is 4.55.